The Morgan fingerprint density at radius 1 is 1.03 bits per heavy atom. The zero-order valence-corrected chi connectivity index (χ0v) is 22.9. The van der Waals surface area contributed by atoms with Crippen molar-refractivity contribution >= 4 is 78.3 Å². The number of amides is 1. The number of carbonyl (C=O) groups is 3. The molecule has 3 rings (SSSR count). The molecule has 1 amide bonds. The van der Waals surface area contributed by atoms with Crippen LogP contribution in [0.25, 0.3) is 0 Å². The predicted molar refractivity (Wildman–Crippen MR) is 122 cm³/mol. The topological polar surface area (TPSA) is 74.7 Å². The second-order valence-electron chi connectivity index (χ2n) is 7.00. The van der Waals surface area contributed by atoms with Crippen LogP contribution in [0, 0.1) is 5.92 Å². The Morgan fingerprint density at radius 3 is 2.16 bits per heavy atom. The summed E-state index contributed by atoms with van der Waals surface area (Å²) in [6, 6.07) is 17.9. The molecule has 2 aromatic carbocycles. The molecule has 1 aliphatic rings. The summed E-state index contributed by atoms with van der Waals surface area (Å²) in [5.41, 5.74) is 0.598. The molecule has 168 valence electrons. The van der Waals surface area contributed by atoms with E-state index in [9.17, 15) is 19.5 Å². The van der Waals surface area contributed by atoms with Gasteiger partial charge in [-0.1, -0.05) is 67.2 Å². The summed E-state index contributed by atoms with van der Waals surface area (Å²) in [6.07, 6.45) is 0.420. The summed E-state index contributed by atoms with van der Waals surface area (Å²) in [5, 5.41) is 9.55. The summed E-state index contributed by atoms with van der Waals surface area (Å²) in [7, 11) is 0. The number of nitrogens with zero attached hydrogens (tertiary/aromatic N) is 1. The zero-order chi connectivity index (χ0) is 20.8. The van der Waals surface area contributed by atoms with E-state index in [0.717, 1.165) is 16.7 Å². The molecule has 1 N–H and O–H groups in total. The van der Waals surface area contributed by atoms with Crippen molar-refractivity contribution in [2.24, 2.45) is 5.92 Å². The third-order valence-corrected chi connectivity index (χ3v) is 7.16. The molecule has 1 heterocycles. The summed E-state index contributed by atoms with van der Waals surface area (Å²) in [4.78, 5) is 39.5. The van der Waals surface area contributed by atoms with Crippen molar-refractivity contribution < 1.29 is 44.3 Å². The first-order valence-electron chi connectivity index (χ1n) is 9.43. The molecular formula is C22H23CaCl2NO4S2. The quantitative estimate of drug-likeness (QED) is 0.398. The molecule has 3 atom stereocenters. The Labute approximate surface area is 239 Å². The summed E-state index contributed by atoms with van der Waals surface area (Å²) in [5.74, 6) is -1.29. The van der Waals surface area contributed by atoms with Crippen LogP contribution in [-0.4, -0.2) is 88.3 Å². The molecule has 0 unspecified atom stereocenters. The van der Waals surface area contributed by atoms with E-state index in [-0.39, 0.29) is 78.8 Å². The molecule has 0 aromatic heterocycles. The summed E-state index contributed by atoms with van der Waals surface area (Å²) >= 11 is 2.70. The average Bonchev–Trinajstić information content (AvgIpc) is 3.16. The van der Waals surface area contributed by atoms with Crippen LogP contribution in [0.4, 0.5) is 0 Å². The molecule has 0 saturated carbocycles. The molecule has 0 spiro atoms. The first-order valence-corrected chi connectivity index (χ1v) is 11.3. The largest absolute Gasteiger partial charge is 2.00 e. The van der Waals surface area contributed by atoms with E-state index in [1.54, 1.807) is 43.0 Å². The molecule has 32 heavy (non-hydrogen) atoms. The molecular weight excluding hydrogens is 517 g/mol. The number of benzene rings is 2. The van der Waals surface area contributed by atoms with Crippen molar-refractivity contribution in [2.45, 2.75) is 29.5 Å². The molecule has 2 aromatic rings. The minimum absolute atomic E-state index is 0. The van der Waals surface area contributed by atoms with Crippen molar-refractivity contribution in [3.63, 3.8) is 0 Å². The van der Waals surface area contributed by atoms with Crippen molar-refractivity contribution in [2.75, 3.05) is 12.3 Å². The standard InChI is InChI=1S/C22H23NO4S2.Ca.2ClH/c1-15(14-28-22(27)16-8-4-2-5-9-16)20(24)23-13-18(12-19(23)21(25)26)29-17-10-6-3-7-11-17;;;/h2-11,15,18-19H,12-14H2,1H3,(H,25,26);;2*1H/q;+2;;/p-2/t15-,18+,19+;;;/m1.../s1. The number of carboxylic acid groups (broad SMARTS) is 1. The van der Waals surface area contributed by atoms with Gasteiger partial charge >= 0.3 is 43.7 Å². The second-order valence-corrected chi connectivity index (χ2v) is 9.37. The molecule has 1 aliphatic heterocycles. The monoisotopic (exact) mass is 539 g/mol. The van der Waals surface area contributed by atoms with Gasteiger partial charge in [0.2, 0.25) is 11.0 Å². The van der Waals surface area contributed by atoms with Crippen LogP contribution in [0.15, 0.2) is 65.6 Å². The predicted octanol–water partition coefficient (Wildman–Crippen LogP) is -2.33. The van der Waals surface area contributed by atoms with E-state index < -0.39 is 17.9 Å². The third kappa shape index (κ3) is 8.74. The van der Waals surface area contributed by atoms with Crippen molar-refractivity contribution in [3.05, 3.63) is 66.2 Å². The summed E-state index contributed by atoms with van der Waals surface area (Å²) < 4.78 is 0. The molecule has 10 heteroatoms. The number of likely N-dealkylation sites (tertiary alicyclic amines) is 1. The van der Waals surface area contributed by atoms with Gasteiger partial charge in [-0.15, -0.1) is 11.8 Å². The zero-order valence-electron chi connectivity index (χ0n) is 17.5. The van der Waals surface area contributed by atoms with Gasteiger partial charge in [0.05, 0.1) is 0 Å². The van der Waals surface area contributed by atoms with Crippen LogP contribution in [0.2, 0.25) is 0 Å². The summed E-state index contributed by atoms with van der Waals surface area (Å²) in [6.45, 7) is 2.15. The van der Waals surface area contributed by atoms with Crippen molar-refractivity contribution in [1.82, 2.24) is 4.90 Å². The van der Waals surface area contributed by atoms with E-state index in [2.05, 4.69) is 0 Å². The first kappa shape index (κ1) is 31.6. The smallest absolute Gasteiger partial charge is 1.00 e. The van der Waals surface area contributed by atoms with Crippen LogP contribution in [0.1, 0.15) is 23.7 Å². The Balaban J connectivity index is 0.00000320. The molecule has 5 nitrogen and oxygen atoms in total. The molecule has 1 fully saturated rings. The fourth-order valence-electron chi connectivity index (χ4n) is 3.26. The maximum Gasteiger partial charge on any atom is 2.00 e. The van der Waals surface area contributed by atoms with Gasteiger partial charge in [0.25, 0.3) is 0 Å². The Hall–Kier alpha value is -0.410. The van der Waals surface area contributed by atoms with Crippen LogP contribution in [-0.2, 0) is 9.59 Å². The fourth-order valence-corrected chi connectivity index (χ4v) is 5.32. The van der Waals surface area contributed by atoms with E-state index in [1.165, 1.54) is 4.90 Å². The Kier molecular flexibility index (Phi) is 15.3. The maximum absolute atomic E-state index is 12.9. The second kappa shape index (κ2) is 15.5. The number of halogens is 2. The van der Waals surface area contributed by atoms with E-state index >= 15 is 0 Å². The molecule has 1 saturated heterocycles. The normalized spacial score (nSPS) is 17.8. The Morgan fingerprint density at radius 2 is 1.59 bits per heavy atom. The van der Waals surface area contributed by atoms with E-state index in [0.29, 0.717) is 24.3 Å². The third-order valence-electron chi connectivity index (χ3n) is 4.77. The van der Waals surface area contributed by atoms with Crippen molar-refractivity contribution in [3.8, 4) is 0 Å². The van der Waals surface area contributed by atoms with E-state index in [4.69, 9.17) is 0 Å². The van der Waals surface area contributed by atoms with E-state index in [1.807, 2.05) is 36.4 Å². The van der Waals surface area contributed by atoms with Crippen LogP contribution in [0.5, 0.6) is 0 Å². The maximum atomic E-state index is 12.9. The van der Waals surface area contributed by atoms with Crippen LogP contribution >= 0.6 is 23.5 Å². The number of hydrogen-bond acceptors (Lipinski definition) is 5. The number of hydrogen-bond donors (Lipinski definition) is 1. The van der Waals surface area contributed by atoms with Gasteiger partial charge in [0.15, 0.2) is 0 Å². The number of rotatable bonds is 7. The van der Waals surface area contributed by atoms with Gasteiger partial charge in [-0.2, -0.15) is 0 Å². The van der Waals surface area contributed by atoms with Crippen LogP contribution in [0.3, 0.4) is 0 Å². The van der Waals surface area contributed by atoms with Gasteiger partial charge in [-0.05, 0) is 18.6 Å². The number of aliphatic carboxylic acids is 1. The molecule has 0 bridgehead atoms. The van der Waals surface area contributed by atoms with Crippen LogP contribution < -0.4 is 24.8 Å². The fraction of sp³-hybridized carbons (Fsp3) is 0.318. The minimum Gasteiger partial charge on any atom is -1.00 e. The van der Waals surface area contributed by atoms with Gasteiger partial charge in [0.1, 0.15) is 6.04 Å². The van der Waals surface area contributed by atoms with Gasteiger partial charge in [-0.3, -0.25) is 9.59 Å². The minimum atomic E-state index is -0.977. The SMILES string of the molecule is C[C@H](CSC(=O)c1ccccc1)C(=O)N1C[C@@H](Sc2ccccc2)C[C@H]1C(=O)O.[Ca+2].[Cl-].[Cl-]. The average molecular weight is 541 g/mol. The van der Waals surface area contributed by atoms with Crippen molar-refractivity contribution in [1.29, 1.82) is 0 Å². The number of thioether (sulfide) groups is 2. The number of carboxylic acids is 1. The van der Waals surface area contributed by atoms with Gasteiger partial charge in [-0.25, -0.2) is 4.79 Å². The van der Waals surface area contributed by atoms with Gasteiger partial charge in [0, 0.05) is 33.9 Å². The molecule has 0 radical (unpaired) electrons. The Bertz CT molecular complexity index is 877. The number of carbonyl (C=O) groups excluding carboxylic acids is 2. The van der Waals surface area contributed by atoms with Gasteiger partial charge < -0.3 is 34.8 Å². The first-order chi connectivity index (χ1) is 14.0. The molecule has 0 aliphatic carbocycles.